The van der Waals surface area contributed by atoms with Crippen LogP contribution < -0.4 is 0 Å². The first-order valence-corrected chi connectivity index (χ1v) is 12.1. The minimum Gasteiger partial charge on any atom is -0.462 e. The molecule has 6 nitrogen and oxygen atoms in total. The molecule has 0 aromatic carbocycles. The molecule has 4 saturated carbocycles. The van der Waals surface area contributed by atoms with Crippen molar-refractivity contribution in [2.24, 2.45) is 40.4 Å². The first-order chi connectivity index (χ1) is 14.6. The molecule has 5 aliphatic rings. The zero-order valence-electron chi connectivity index (χ0n) is 19.3. The molecule has 1 aliphatic heterocycles. The van der Waals surface area contributed by atoms with Crippen LogP contribution >= 0.6 is 0 Å². The van der Waals surface area contributed by atoms with Gasteiger partial charge in [-0.15, -0.1) is 0 Å². The number of hydrogen-bond acceptors (Lipinski definition) is 6. The van der Waals surface area contributed by atoms with Crippen LogP contribution in [0.5, 0.6) is 0 Å². The maximum Gasteiger partial charge on any atom is 0.302 e. The molecule has 5 rings (SSSR count). The Kier molecular flexibility index (Phi) is 4.95. The summed E-state index contributed by atoms with van der Waals surface area (Å²) in [5, 5.41) is 0. The molecule has 0 bridgehead atoms. The Morgan fingerprint density at radius 3 is 2.35 bits per heavy atom. The second kappa shape index (κ2) is 7.11. The van der Waals surface area contributed by atoms with Gasteiger partial charge in [0.1, 0.15) is 17.7 Å². The highest BCUT2D eigenvalue weighted by Gasteiger charge is 2.68. The smallest absolute Gasteiger partial charge is 0.302 e. The molecule has 4 aliphatic carbocycles. The summed E-state index contributed by atoms with van der Waals surface area (Å²) < 4.78 is 17.8. The van der Waals surface area contributed by atoms with Gasteiger partial charge in [0.05, 0.1) is 19.6 Å². The van der Waals surface area contributed by atoms with Crippen LogP contribution in [0.25, 0.3) is 0 Å². The Morgan fingerprint density at radius 2 is 1.71 bits per heavy atom. The van der Waals surface area contributed by atoms with Gasteiger partial charge in [0, 0.05) is 30.6 Å². The minimum absolute atomic E-state index is 0.00480. The maximum atomic E-state index is 13.8. The molecule has 172 valence electrons. The quantitative estimate of drug-likeness (QED) is 0.619. The minimum atomic E-state index is -0.749. The van der Waals surface area contributed by atoms with Crippen LogP contribution in [0.4, 0.5) is 0 Å². The van der Waals surface area contributed by atoms with Crippen LogP contribution in [0.3, 0.4) is 0 Å². The van der Waals surface area contributed by atoms with Crippen molar-refractivity contribution in [1.82, 2.24) is 0 Å². The first-order valence-electron chi connectivity index (χ1n) is 12.1. The van der Waals surface area contributed by atoms with Gasteiger partial charge < -0.3 is 14.2 Å². The average Bonchev–Trinajstić information content (AvgIpc) is 3.26. The molecule has 0 radical (unpaired) electrons. The highest BCUT2D eigenvalue weighted by atomic mass is 16.7. The van der Waals surface area contributed by atoms with Crippen LogP contribution in [0.1, 0.15) is 72.6 Å². The monoisotopic (exact) mass is 432 g/mol. The molecule has 31 heavy (non-hydrogen) atoms. The lowest BCUT2D eigenvalue weighted by Gasteiger charge is -2.62. The second-order valence-electron chi connectivity index (χ2n) is 11.4. The number of rotatable bonds is 2. The SMILES string of the molecule is CC(=O)O[C@@H]1CC2(C)C(C(C)=O)CCC2C2CCC3CC4(CC(=O)C3(C)C21)OCCO4. The predicted molar refractivity (Wildman–Crippen MR) is 112 cm³/mol. The molecule has 6 heteroatoms. The maximum absolute atomic E-state index is 13.8. The van der Waals surface area contributed by atoms with Gasteiger partial charge in [0.2, 0.25) is 0 Å². The van der Waals surface area contributed by atoms with E-state index in [-0.39, 0.29) is 53.2 Å². The highest BCUT2D eigenvalue weighted by Crippen LogP contribution is 2.68. The third-order valence-electron chi connectivity index (χ3n) is 10.0. The van der Waals surface area contributed by atoms with Crippen LogP contribution in [0.2, 0.25) is 0 Å². The fourth-order valence-electron chi connectivity index (χ4n) is 8.85. The van der Waals surface area contributed by atoms with Crippen molar-refractivity contribution in [2.75, 3.05) is 13.2 Å². The van der Waals surface area contributed by atoms with Crippen molar-refractivity contribution < 1.29 is 28.6 Å². The molecular formula is C25H36O6. The molecule has 5 fully saturated rings. The summed E-state index contributed by atoms with van der Waals surface area (Å²) in [6.07, 6.45) is 5.29. The number of hydrogen-bond donors (Lipinski definition) is 0. The van der Waals surface area contributed by atoms with Crippen LogP contribution in [0, 0.1) is 40.4 Å². The second-order valence-corrected chi connectivity index (χ2v) is 11.4. The normalized spacial score (nSPS) is 48.1. The van der Waals surface area contributed by atoms with Crippen molar-refractivity contribution in [2.45, 2.75) is 84.5 Å². The lowest BCUT2D eigenvalue weighted by atomic mass is 9.43. The summed E-state index contributed by atoms with van der Waals surface area (Å²) >= 11 is 0. The number of carbonyl (C=O) groups is 3. The van der Waals surface area contributed by atoms with Gasteiger partial charge in [-0.05, 0) is 62.2 Å². The van der Waals surface area contributed by atoms with Gasteiger partial charge in [0.25, 0.3) is 0 Å². The third kappa shape index (κ3) is 3.00. The van der Waals surface area contributed by atoms with E-state index >= 15 is 0 Å². The number of Topliss-reactive ketones (excluding diaryl/α,β-unsaturated/α-hetero) is 2. The summed E-state index contributed by atoms with van der Waals surface area (Å²) in [6.45, 7) is 8.61. The Labute approximate surface area is 184 Å². The van der Waals surface area contributed by atoms with Crippen LogP contribution in [-0.4, -0.2) is 42.6 Å². The molecule has 0 N–H and O–H groups in total. The summed E-state index contributed by atoms with van der Waals surface area (Å²) in [4.78, 5) is 38.4. The van der Waals surface area contributed by atoms with Crippen LogP contribution in [0.15, 0.2) is 0 Å². The van der Waals surface area contributed by atoms with Crippen molar-refractivity contribution in [3.8, 4) is 0 Å². The molecule has 1 saturated heterocycles. The summed E-state index contributed by atoms with van der Waals surface area (Å²) in [6, 6.07) is 0. The topological polar surface area (TPSA) is 78.9 Å². The van der Waals surface area contributed by atoms with Gasteiger partial charge in [-0.3, -0.25) is 14.4 Å². The van der Waals surface area contributed by atoms with Crippen molar-refractivity contribution in [3.05, 3.63) is 0 Å². The van der Waals surface area contributed by atoms with E-state index in [9.17, 15) is 14.4 Å². The standard InChI is InChI=1S/C25H36O6/c1-14(26)18-7-8-19-17-6-5-16-11-25(29-9-10-30-25)13-21(28)24(16,4)22(17)20(31-15(2)27)12-23(18,19)3/h16-20,22H,5-13H2,1-4H3/t16?,17?,18?,19?,20-,22?,23?,24?/m1/s1. The van der Waals surface area contributed by atoms with Gasteiger partial charge in [-0.25, -0.2) is 0 Å². The van der Waals surface area contributed by atoms with E-state index in [1.807, 2.05) is 0 Å². The Morgan fingerprint density at radius 1 is 1.00 bits per heavy atom. The molecule has 1 spiro atoms. The fraction of sp³-hybridized carbons (Fsp3) is 0.880. The molecule has 0 aromatic rings. The van der Waals surface area contributed by atoms with Gasteiger partial charge >= 0.3 is 5.97 Å². The summed E-state index contributed by atoms with van der Waals surface area (Å²) in [7, 11) is 0. The van der Waals surface area contributed by atoms with Crippen LogP contribution in [-0.2, 0) is 28.6 Å². The first kappa shape index (κ1) is 21.6. The lowest BCUT2D eigenvalue weighted by molar-refractivity contribution is -0.234. The fourth-order valence-corrected chi connectivity index (χ4v) is 8.85. The van der Waals surface area contributed by atoms with Crippen molar-refractivity contribution >= 4 is 17.5 Å². The van der Waals surface area contributed by atoms with E-state index in [4.69, 9.17) is 14.2 Å². The molecule has 7 unspecified atom stereocenters. The highest BCUT2D eigenvalue weighted by molar-refractivity contribution is 5.87. The van der Waals surface area contributed by atoms with E-state index in [1.165, 1.54) is 6.92 Å². The molecule has 0 amide bonds. The molecule has 1 heterocycles. The van der Waals surface area contributed by atoms with E-state index in [2.05, 4.69) is 13.8 Å². The largest absolute Gasteiger partial charge is 0.462 e. The van der Waals surface area contributed by atoms with Crippen molar-refractivity contribution in [3.63, 3.8) is 0 Å². The average molecular weight is 433 g/mol. The zero-order valence-corrected chi connectivity index (χ0v) is 19.3. The van der Waals surface area contributed by atoms with Gasteiger partial charge in [-0.1, -0.05) is 13.8 Å². The number of ketones is 2. The van der Waals surface area contributed by atoms with Gasteiger partial charge in [0.15, 0.2) is 5.79 Å². The van der Waals surface area contributed by atoms with E-state index in [1.54, 1.807) is 6.92 Å². The van der Waals surface area contributed by atoms with E-state index in [0.717, 1.165) is 32.1 Å². The third-order valence-corrected chi connectivity index (χ3v) is 10.0. The molecular weight excluding hydrogens is 396 g/mol. The molecule has 0 aromatic heterocycles. The Balaban J connectivity index is 1.53. The van der Waals surface area contributed by atoms with Gasteiger partial charge in [-0.2, -0.15) is 0 Å². The summed E-state index contributed by atoms with van der Waals surface area (Å²) in [5.41, 5.74) is -0.702. The van der Waals surface area contributed by atoms with E-state index < -0.39 is 11.2 Å². The summed E-state index contributed by atoms with van der Waals surface area (Å²) in [5.74, 6) is 0.296. The predicted octanol–water partition coefficient (Wildman–Crippen LogP) is 3.70. The van der Waals surface area contributed by atoms with Crippen molar-refractivity contribution in [1.29, 1.82) is 0 Å². The number of fused-ring (bicyclic) bond motifs is 5. The lowest BCUT2D eigenvalue weighted by Crippen LogP contribution is -2.64. The number of esters is 1. The number of ether oxygens (including phenoxy) is 3. The Bertz CT molecular complexity index is 800. The zero-order chi connectivity index (χ0) is 22.2. The molecule has 8 atom stereocenters. The van der Waals surface area contributed by atoms with E-state index in [0.29, 0.717) is 31.5 Å². The Hall–Kier alpha value is -1.27. The number of carbonyl (C=O) groups excluding carboxylic acids is 3.